The van der Waals surface area contributed by atoms with Crippen LogP contribution in [0.5, 0.6) is 0 Å². The van der Waals surface area contributed by atoms with Crippen molar-refractivity contribution in [3.8, 4) is 11.1 Å². The van der Waals surface area contributed by atoms with Crippen molar-refractivity contribution < 1.29 is 26.8 Å². The molecule has 0 aliphatic carbocycles. The molecule has 1 N–H and O–H groups in total. The number of carbonyl (C=O) groups excluding carboxylic acids is 1. The van der Waals surface area contributed by atoms with Gasteiger partial charge in [0.2, 0.25) is 0 Å². The van der Waals surface area contributed by atoms with E-state index in [-0.39, 0.29) is 16.6 Å². The SMILES string of the molecule is CCc1ncc(-c2ccc3ncnc(N4CCN(OC(=O)C(C)(C)C)CC4)c3c2)cc1S(=O)(=O)Nc1ccc(F)cc1F. The van der Waals surface area contributed by atoms with Crippen LogP contribution in [0.25, 0.3) is 22.0 Å². The zero-order chi connectivity index (χ0) is 30.9. The van der Waals surface area contributed by atoms with E-state index < -0.39 is 27.1 Å². The highest BCUT2D eigenvalue weighted by Crippen LogP contribution is 2.32. The van der Waals surface area contributed by atoms with Gasteiger partial charge in [0.25, 0.3) is 10.0 Å². The van der Waals surface area contributed by atoms with Gasteiger partial charge in [0, 0.05) is 36.3 Å². The summed E-state index contributed by atoms with van der Waals surface area (Å²) >= 11 is 0. The number of aromatic nitrogens is 3. The Morgan fingerprint density at radius 3 is 2.40 bits per heavy atom. The third-order valence-electron chi connectivity index (χ3n) is 7.04. The third-order valence-corrected chi connectivity index (χ3v) is 8.46. The molecule has 13 heteroatoms. The van der Waals surface area contributed by atoms with Crippen LogP contribution in [0.15, 0.2) is 59.9 Å². The first-order valence-corrected chi connectivity index (χ1v) is 15.3. The van der Waals surface area contributed by atoms with Crippen molar-refractivity contribution in [1.29, 1.82) is 0 Å². The summed E-state index contributed by atoms with van der Waals surface area (Å²) in [4.78, 5) is 33.2. The Kier molecular flexibility index (Phi) is 8.30. The maximum Gasteiger partial charge on any atom is 0.330 e. The van der Waals surface area contributed by atoms with Crippen LogP contribution in [-0.4, -0.2) is 60.6 Å². The predicted molar refractivity (Wildman–Crippen MR) is 159 cm³/mol. The number of sulfonamides is 1. The Bertz CT molecular complexity index is 1790. The Balaban J connectivity index is 1.44. The lowest BCUT2D eigenvalue weighted by molar-refractivity contribution is -0.201. The minimum Gasteiger partial charge on any atom is -0.367 e. The lowest BCUT2D eigenvalue weighted by atomic mass is 9.98. The Morgan fingerprint density at radius 1 is 0.977 bits per heavy atom. The summed E-state index contributed by atoms with van der Waals surface area (Å²) in [6.07, 6.45) is 3.39. The zero-order valence-corrected chi connectivity index (χ0v) is 25.1. The van der Waals surface area contributed by atoms with E-state index in [1.54, 1.807) is 18.2 Å². The highest BCUT2D eigenvalue weighted by atomic mass is 32.2. The van der Waals surface area contributed by atoms with Gasteiger partial charge in [0.1, 0.15) is 28.7 Å². The lowest BCUT2D eigenvalue weighted by Gasteiger charge is -2.35. The second-order valence-corrected chi connectivity index (χ2v) is 12.9. The normalized spacial score (nSPS) is 14.6. The summed E-state index contributed by atoms with van der Waals surface area (Å²) in [7, 11) is -4.26. The van der Waals surface area contributed by atoms with Crippen LogP contribution >= 0.6 is 0 Å². The molecule has 5 rings (SSSR count). The molecule has 1 aliphatic rings. The van der Waals surface area contributed by atoms with Gasteiger partial charge in [-0.3, -0.25) is 9.71 Å². The molecule has 2 aromatic carbocycles. The predicted octanol–water partition coefficient (Wildman–Crippen LogP) is 4.96. The molecule has 10 nitrogen and oxygen atoms in total. The second kappa shape index (κ2) is 11.8. The van der Waals surface area contributed by atoms with Crippen LogP contribution < -0.4 is 9.62 Å². The smallest absolute Gasteiger partial charge is 0.330 e. The highest BCUT2D eigenvalue weighted by molar-refractivity contribution is 7.92. The Labute approximate surface area is 248 Å². The van der Waals surface area contributed by atoms with Crippen molar-refractivity contribution >= 4 is 38.4 Å². The number of fused-ring (bicyclic) bond motifs is 1. The molecule has 1 fully saturated rings. The van der Waals surface area contributed by atoms with Gasteiger partial charge in [0.05, 0.1) is 35.4 Å². The summed E-state index contributed by atoms with van der Waals surface area (Å²) in [5, 5.41) is 2.42. The van der Waals surface area contributed by atoms with Gasteiger partial charge < -0.3 is 9.74 Å². The molecule has 1 saturated heterocycles. The topological polar surface area (TPSA) is 118 Å². The van der Waals surface area contributed by atoms with E-state index in [9.17, 15) is 22.0 Å². The van der Waals surface area contributed by atoms with Gasteiger partial charge in [0.15, 0.2) is 0 Å². The quantitative estimate of drug-likeness (QED) is 0.310. The van der Waals surface area contributed by atoms with Gasteiger partial charge in [-0.25, -0.2) is 32.0 Å². The van der Waals surface area contributed by atoms with E-state index >= 15 is 0 Å². The first-order chi connectivity index (χ1) is 20.4. The van der Waals surface area contributed by atoms with Crippen molar-refractivity contribution in [2.75, 3.05) is 35.8 Å². The summed E-state index contributed by atoms with van der Waals surface area (Å²) in [6.45, 7) is 9.31. The summed E-state index contributed by atoms with van der Waals surface area (Å²) in [5.74, 6) is -1.43. The fourth-order valence-corrected chi connectivity index (χ4v) is 5.98. The van der Waals surface area contributed by atoms with Crippen LogP contribution in [0.1, 0.15) is 33.4 Å². The molecule has 1 aliphatic heterocycles. The lowest BCUT2D eigenvalue weighted by Crippen LogP contribution is -2.48. The maximum atomic E-state index is 14.3. The Morgan fingerprint density at radius 2 is 1.72 bits per heavy atom. The fourth-order valence-electron chi connectivity index (χ4n) is 4.62. The van der Waals surface area contributed by atoms with Gasteiger partial charge in [-0.1, -0.05) is 13.0 Å². The van der Waals surface area contributed by atoms with Gasteiger partial charge in [-0.15, -0.1) is 5.06 Å². The number of anilines is 2. The Hall–Kier alpha value is -4.23. The maximum absolute atomic E-state index is 14.3. The van der Waals surface area contributed by atoms with Crippen LogP contribution in [0.3, 0.4) is 0 Å². The number of nitrogens with one attached hydrogen (secondary N) is 1. The van der Waals surface area contributed by atoms with Gasteiger partial charge in [-0.2, -0.15) is 0 Å². The molecule has 43 heavy (non-hydrogen) atoms. The number of hydrogen-bond donors (Lipinski definition) is 1. The molecular formula is C30H32F2N6O4S. The molecule has 0 spiro atoms. The molecular weight excluding hydrogens is 578 g/mol. The number of carbonyl (C=O) groups is 1. The third kappa shape index (κ3) is 6.57. The van der Waals surface area contributed by atoms with E-state index in [1.165, 1.54) is 12.4 Å². The molecule has 0 saturated carbocycles. The molecule has 3 heterocycles. The summed E-state index contributed by atoms with van der Waals surface area (Å²) < 4.78 is 56.5. The first-order valence-electron chi connectivity index (χ1n) is 13.8. The van der Waals surface area contributed by atoms with Crippen molar-refractivity contribution in [2.45, 2.75) is 39.0 Å². The van der Waals surface area contributed by atoms with E-state index in [4.69, 9.17) is 4.84 Å². The van der Waals surface area contributed by atoms with Crippen LogP contribution in [0.2, 0.25) is 0 Å². The monoisotopic (exact) mass is 610 g/mol. The number of piperazine rings is 1. The minimum atomic E-state index is -4.26. The molecule has 0 bridgehead atoms. The standard InChI is InChI=1S/C30H32F2N6O4S/c1-5-24-27(43(40,41)36-26-9-7-21(31)16-23(26)32)15-20(17-33-24)19-6-8-25-22(14-19)28(35-18-34-25)37-10-12-38(13-11-37)42-29(39)30(2,3)4/h6-9,14-18,36H,5,10-13H2,1-4H3. The van der Waals surface area contributed by atoms with Crippen LogP contribution in [0.4, 0.5) is 20.3 Å². The van der Waals surface area contributed by atoms with E-state index in [0.29, 0.717) is 66.8 Å². The van der Waals surface area contributed by atoms with Crippen molar-refractivity contribution in [1.82, 2.24) is 20.0 Å². The number of halogens is 2. The van der Waals surface area contributed by atoms with Gasteiger partial charge >= 0.3 is 5.97 Å². The van der Waals surface area contributed by atoms with E-state index in [0.717, 1.165) is 17.5 Å². The number of aryl methyl sites for hydroxylation is 1. The zero-order valence-electron chi connectivity index (χ0n) is 24.3. The van der Waals surface area contributed by atoms with E-state index in [2.05, 4.69) is 24.6 Å². The summed E-state index contributed by atoms with van der Waals surface area (Å²) in [6, 6.07) is 9.62. The summed E-state index contributed by atoms with van der Waals surface area (Å²) in [5.41, 5.74) is 1.24. The molecule has 0 radical (unpaired) electrons. The molecule has 226 valence electrons. The van der Waals surface area contributed by atoms with Crippen LogP contribution in [-0.2, 0) is 26.1 Å². The number of hydroxylamine groups is 2. The molecule has 4 aromatic rings. The number of rotatable bonds is 7. The van der Waals surface area contributed by atoms with Crippen molar-refractivity contribution in [3.05, 3.63) is 72.3 Å². The number of benzene rings is 2. The average Bonchev–Trinajstić information content (AvgIpc) is 2.97. The first kappa shape index (κ1) is 30.2. The molecule has 2 aromatic heterocycles. The van der Waals surface area contributed by atoms with Crippen molar-refractivity contribution in [3.63, 3.8) is 0 Å². The second-order valence-electron chi connectivity index (χ2n) is 11.2. The van der Waals surface area contributed by atoms with Gasteiger partial charge in [-0.05, 0) is 63.1 Å². The van der Waals surface area contributed by atoms with Crippen molar-refractivity contribution in [2.24, 2.45) is 5.41 Å². The largest absolute Gasteiger partial charge is 0.367 e. The molecule has 0 atom stereocenters. The minimum absolute atomic E-state index is 0.109. The number of hydrogen-bond acceptors (Lipinski definition) is 9. The number of nitrogens with zero attached hydrogens (tertiary/aromatic N) is 5. The molecule has 0 amide bonds. The number of pyridine rings is 1. The average molecular weight is 611 g/mol. The van der Waals surface area contributed by atoms with Crippen LogP contribution in [0, 0.1) is 17.0 Å². The highest BCUT2D eigenvalue weighted by Gasteiger charge is 2.29. The van der Waals surface area contributed by atoms with E-state index in [1.807, 2.05) is 39.0 Å². The molecule has 0 unspecified atom stereocenters. The fraction of sp³-hybridized carbons (Fsp3) is 0.333.